The third-order valence-electron chi connectivity index (χ3n) is 5.12. The molecule has 0 bridgehead atoms. The Kier molecular flexibility index (Phi) is 4.97. The van der Waals surface area contributed by atoms with Gasteiger partial charge in [0.1, 0.15) is 6.04 Å². The van der Waals surface area contributed by atoms with Gasteiger partial charge in [-0.2, -0.15) is 0 Å². The standard InChI is InChI=1S/C20H28N4O3/c1-13(2)9-23-18(26)16-10-22(11-20(4,5)12-24(16)19(23)27)17(25)15-8-21-7-6-14(15)3/h6-8,13,16H,9-12H2,1-5H3. The molecule has 0 spiro atoms. The normalized spacial score (nSPS) is 22.3. The van der Waals surface area contributed by atoms with Crippen molar-refractivity contribution in [3.05, 3.63) is 29.6 Å². The van der Waals surface area contributed by atoms with Gasteiger partial charge in [0.25, 0.3) is 11.8 Å². The number of rotatable bonds is 3. The summed E-state index contributed by atoms with van der Waals surface area (Å²) < 4.78 is 0. The highest BCUT2D eigenvalue weighted by molar-refractivity contribution is 6.05. The van der Waals surface area contributed by atoms with E-state index >= 15 is 0 Å². The third kappa shape index (κ3) is 3.68. The van der Waals surface area contributed by atoms with Gasteiger partial charge in [0, 0.05) is 37.4 Å². The summed E-state index contributed by atoms with van der Waals surface area (Å²) in [5, 5.41) is 0. The highest BCUT2D eigenvalue weighted by atomic mass is 16.2. The van der Waals surface area contributed by atoms with E-state index in [1.165, 1.54) is 4.90 Å². The highest BCUT2D eigenvalue weighted by Gasteiger charge is 2.50. The molecule has 2 fully saturated rings. The van der Waals surface area contributed by atoms with Crippen molar-refractivity contribution in [1.82, 2.24) is 19.7 Å². The predicted molar refractivity (Wildman–Crippen MR) is 101 cm³/mol. The molecule has 0 aromatic carbocycles. The summed E-state index contributed by atoms with van der Waals surface area (Å²) in [4.78, 5) is 47.7. The number of aromatic nitrogens is 1. The lowest BCUT2D eigenvalue weighted by Crippen LogP contribution is -2.44. The summed E-state index contributed by atoms with van der Waals surface area (Å²) in [6.07, 6.45) is 3.23. The second-order valence-corrected chi connectivity index (χ2v) is 8.81. The lowest BCUT2D eigenvalue weighted by Gasteiger charge is -2.31. The first kappa shape index (κ1) is 19.3. The van der Waals surface area contributed by atoms with Crippen LogP contribution < -0.4 is 0 Å². The fourth-order valence-corrected chi connectivity index (χ4v) is 3.90. The van der Waals surface area contributed by atoms with Crippen LogP contribution >= 0.6 is 0 Å². The fraction of sp³-hybridized carbons (Fsp3) is 0.600. The summed E-state index contributed by atoms with van der Waals surface area (Å²) >= 11 is 0. The van der Waals surface area contributed by atoms with Gasteiger partial charge >= 0.3 is 6.03 Å². The second kappa shape index (κ2) is 6.94. The Morgan fingerprint density at radius 1 is 1.30 bits per heavy atom. The summed E-state index contributed by atoms with van der Waals surface area (Å²) in [6, 6.07) is 0.953. The van der Waals surface area contributed by atoms with Gasteiger partial charge < -0.3 is 9.80 Å². The van der Waals surface area contributed by atoms with E-state index < -0.39 is 6.04 Å². The number of imide groups is 1. The Hall–Kier alpha value is -2.44. The van der Waals surface area contributed by atoms with E-state index in [9.17, 15) is 14.4 Å². The molecule has 2 aliphatic rings. The lowest BCUT2D eigenvalue weighted by atomic mass is 9.92. The number of urea groups is 1. The van der Waals surface area contributed by atoms with Crippen LogP contribution in [-0.2, 0) is 4.79 Å². The van der Waals surface area contributed by atoms with Crippen molar-refractivity contribution >= 4 is 17.8 Å². The van der Waals surface area contributed by atoms with Gasteiger partial charge in [-0.15, -0.1) is 0 Å². The number of hydrogen-bond donors (Lipinski definition) is 0. The zero-order valence-electron chi connectivity index (χ0n) is 16.7. The molecule has 4 amide bonds. The van der Waals surface area contributed by atoms with Crippen LogP contribution in [0.15, 0.2) is 18.5 Å². The van der Waals surface area contributed by atoms with Gasteiger partial charge in [0.15, 0.2) is 0 Å². The quantitative estimate of drug-likeness (QED) is 0.762. The topological polar surface area (TPSA) is 73.8 Å². The van der Waals surface area contributed by atoms with Crippen molar-refractivity contribution in [2.24, 2.45) is 11.3 Å². The van der Waals surface area contributed by atoms with Gasteiger partial charge in [0.05, 0.1) is 12.1 Å². The van der Waals surface area contributed by atoms with Gasteiger partial charge in [-0.05, 0) is 24.5 Å². The number of nitrogens with zero attached hydrogens (tertiary/aromatic N) is 4. The Bertz CT molecular complexity index is 774. The van der Waals surface area contributed by atoms with Crippen LogP contribution in [0.3, 0.4) is 0 Å². The molecular weight excluding hydrogens is 344 g/mol. The molecule has 1 unspecified atom stereocenters. The molecule has 3 rings (SSSR count). The van der Waals surface area contributed by atoms with Gasteiger partial charge in [0.2, 0.25) is 0 Å². The molecule has 2 saturated heterocycles. The molecule has 0 aliphatic carbocycles. The molecule has 0 N–H and O–H groups in total. The molecule has 1 aromatic heterocycles. The van der Waals surface area contributed by atoms with Crippen molar-refractivity contribution in [1.29, 1.82) is 0 Å². The molecule has 146 valence electrons. The van der Waals surface area contributed by atoms with Crippen LogP contribution in [0.1, 0.15) is 43.6 Å². The Morgan fingerprint density at radius 2 is 2.00 bits per heavy atom. The first-order valence-corrected chi connectivity index (χ1v) is 9.42. The van der Waals surface area contributed by atoms with Gasteiger partial charge in [-0.1, -0.05) is 27.7 Å². The van der Waals surface area contributed by atoms with E-state index in [0.29, 0.717) is 25.2 Å². The first-order chi connectivity index (χ1) is 12.6. The first-order valence-electron chi connectivity index (χ1n) is 9.42. The van der Waals surface area contributed by atoms with Crippen LogP contribution in [0.25, 0.3) is 0 Å². The van der Waals surface area contributed by atoms with Crippen LogP contribution in [0, 0.1) is 18.3 Å². The van der Waals surface area contributed by atoms with Crippen molar-refractivity contribution in [2.45, 2.75) is 40.7 Å². The minimum absolute atomic E-state index is 0.141. The minimum Gasteiger partial charge on any atom is -0.335 e. The van der Waals surface area contributed by atoms with E-state index in [4.69, 9.17) is 0 Å². The smallest absolute Gasteiger partial charge is 0.327 e. The SMILES string of the molecule is Cc1ccncc1C(=O)N1CC2C(=O)N(CC(C)C)C(=O)N2CC(C)(C)C1. The molecule has 1 atom stereocenters. The van der Waals surface area contributed by atoms with Crippen LogP contribution in [0.4, 0.5) is 4.79 Å². The molecule has 2 aliphatic heterocycles. The average molecular weight is 372 g/mol. The number of aryl methyl sites for hydroxylation is 1. The second-order valence-electron chi connectivity index (χ2n) is 8.81. The maximum absolute atomic E-state index is 13.2. The van der Waals surface area contributed by atoms with Crippen molar-refractivity contribution < 1.29 is 14.4 Å². The lowest BCUT2D eigenvalue weighted by molar-refractivity contribution is -0.128. The van der Waals surface area contributed by atoms with E-state index in [1.807, 2.05) is 34.6 Å². The third-order valence-corrected chi connectivity index (χ3v) is 5.12. The highest BCUT2D eigenvalue weighted by Crippen LogP contribution is 2.31. The summed E-state index contributed by atoms with van der Waals surface area (Å²) in [5.74, 6) is -0.143. The number of amides is 4. The van der Waals surface area contributed by atoms with Crippen LogP contribution in [0.2, 0.25) is 0 Å². The van der Waals surface area contributed by atoms with Crippen molar-refractivity contribution in [3.8, 4) is 0 Å². The van der Waals surface area contributed by atoms with Crippen LogP contribution in [-0.4, -0.2) is 69.8 Å². The molecule has 0 radical (unpaired) electrons. The number of hydrogen-bond acceptors (Lipinski definition) is 4. The molecule has 3 heterocycles. The molecule has 27 heavy (non-hydrogen) atoms. The van der Waals surface area contributed by atoms with Gasteiger partial charge in [-0.25, -0.2) is 4.79 Å². The average Bonchev–Trinajstić information content (AvgIpc) is 2.72. The molecule has 7 heteroatoms. The fourth-order valence-electron chi connectivity index (χ4n) is 3.90. The zero-order chi connectivity index (χ0) is 19.9. The monoisotopic (exact) mass is 372 g/mol. The van der Waals surface area contributed by atoms with E-state index in [0.717, 1.165) is 5.56 Å². The minimum atomic E-state index is -0.612. The summed E-state index contributed by atoms with van der Waals surface area (Å²) in [5.41, 5.74) is 1.08. The number of pyridine rings is 1. The molecular formula is C20H28N4O3. The van der Waals surface area contributed by atoms with Gasteiger partial charge in [-0.3, -0.25) is 19.5 Å². The predicted octanol–water partition coefficient (Wildman–Crippen LogP) is 2.16. The Labute approximate surface area is 160 Å². The summed E-state index contributed by atoms with van der Waals surface area (Å²) in [6.45, 7) is 11.4. The Morgan fingerprint density at radius 3 is 2.63 bits per heavy atom. The van der Waals surface area contributed by atoms with Crippen molar-refractivity contribution in [3.63, 3.8) is 0 Å². The Balaban J connectivity index is 1.92. The maximum atomic E-state index is 13.2. The van der Waals surface area contributed by atoms with E-state index in [2.05, 4.69) is 4.98 Å². The number of carbonyl (C=O) groups is 3. The van der Waals surface area contributed by atoms with E-state index in [-0.39, 0.29) is 35.7 Å². The molecule has 1 aromatic rings. The number of carbonyl (C=O) groups excluding carboxylic acids is 3. The summed E-state index contributed by atoms with van der Waals surface area (Å²) in [7, 11) is 0. The number of fused-ring (bicyclic) bond motifs is 1. The van der Waals surface area contributed by atoms with Crippen molar-refractivity contribution in [2.75, 3.05) is 26.2 Å². The maximum Gasteiger partial charge on any atom is 0.327 e. The molecule has 0 saturated carbocycles. The van der Waals surface area contributed by atoms with E-state index in [1.54, 1.807) is 28.3 Å². The zero-order valence-corrected chi connectivity index (χ0v) is 16.7. The molecule has 7 nitrogen and oxygen atoms in total. The van der Waals surface area contributed by atoms with Crippen LogP contribution in [0.5, 0.6) is 0 Å². The largest absolute Gasteiger partial charge is 0.335 e.